The van der Waals surface area contributed by atoms with Gasteiger partial charge in [-0.1, -0.05) is 100 Å². The molecule has 15 bridgehead atoms. The van der Waals surface area contributed by atoms with Crippen LogP contribution in [0.2, 0.25) is 10.0 Å². The minimum atomic E-state index is -3.87. The van der Waals surface area contributed by atoms with Crippen LogP contribution in [0, 0.1) is 29.6 Å². The first-order chi connectivity index (χ1) is 61.7. The zero-order valence-electron chi connectivity index (χ0n) is 72.8. The highest BCUT2D eigenvalue weighted by molar-refractivity contribution is 7.89. The van der Waals surface area contributed by atoms with Gasteiger partial charge in [0.15, 0.2) is 23.9 Å². The minimum Gasteiger partial charge on any atom is -0.508 e. The number of fused-ring (bicyclic) bond motifs is 12. The van der Waals surface area contributed by atoms with Crippen molar-refractivity contribution in [2.24, 2.45) is 41.1 Å². The molecule has 5 aromatic rings. The Hall–Kier alpha value is -9.01. The van der Waals surface area contributed by atoms with Crippen molar-refractivity contribution < 1.29 is 121 Å². The lowest BCUT2D eigenvalue weighted by Gasteiger charge is -2.54. The highest BCUT2D eigenvalue weighted by Gasteiger charge is 2.55. The quantitative estimate of drug-likeness (QED) is 0.0311. The molecule has 0 aromatic heterocycles. The molecule has 5 aromatic carbocycles. The third-order valence-corrected chi connectivity index (χ3v) is 29.6. The van der Waals surface area contributed by atoms with E-state index < -0.39 is 231 Å². The Morgan fingerprint density at radius 2 is 1.34 bits per heavy atom. The van der Waals surface area contributed by atoms with E-state index in [2.05, 4.69) is 49.5 Å². The highest BCUT2D eigenvalue weighted by atomic mass is 35.5. The first-order valence-electron chi connectivity index (χ1n) is 44.6. The topological polar surface area (TPSA) is 563 Å². The molecule has 130 heavy (non-hydrogen) atoms. The molecule has 21 N–H and O–H groups in total. The van der Waals surface area contributed by atoms with Gasteiger partial charge in [0.25, 0.3) is 0 Å². The smallest absolute Gasteiger partial charge is 0.248 e. The zero-order chi connectivity index (χ0) is 93.2. The summed E-state index contributed by atoms with van der Waals surface area (Å²) in [5.74, 6) is -15.3. The molecule has 5 aliphatic carbocycles. The number of amides is 8. The van der Waals surface area contributed by atoms with E-state index in [1.165, 1.54) is 73.7 Å². The van der Waals surface area contributed by atoms with Gasteiger partial charge in [-0.3, -0.25) is 43.3 Å². The standard InChI is InChI=1S/C90H116Cl2N12O25S/c1-7-8-9-10-11-12-22-130(122,123)104-21-13-20-103(39-104)37-52-58(106)34-51-66-50-29-44(14-17-53(50)90(120,121)67(52)66)69-83(115)102-73(87(119)100-71(51)85(117)97-68-47-25-42-24-43(27-47)28-48(68)26-42)75(109)46-16-19-60(55(92)31-46)126-62-33-49-32-61(78(62)129-88-79(77(111)76(110)63(38-105)127-88)128-65-36-89(5,94)80(112)41(4)124-65)125-59-18-15-45(30-54(59)91)74(108)72(101-81(113)56(95-6)23-40(2)3)86(118)96-57(35-64(93)107)82(114)98-70(49)84(116)99-69/h14-19,29-34,40-43,47-48,56-57,63,65,68-77,79-80,88,95,105-106,108-112,120-121H,7-13,20-28,35-39,94H2,1-6H3,(H2,93,107)(H,96,118)(H,97,117)(H,98,114)(H,99,116)(H,100,119)(H,101,113)(H,102,115)/t41?,42?,43?,47?,48?,56?,57?,63?,65?,68?,69?,70?,71-,72?,73?,74?,75?,76?,77?,79?,80?,88?,89?/m0/s1. The number of aliphatic hydroxyl groups is 8. The number of aromatic hydroxyl groups is 1. The summed E-state index contributed by atoms with van der Waals surface area (Å²) in [5, 5.41) is 132. The monoisotopic (exact) mass is 1870 g/mol. The molecule has 0 radical (unpaired) electrons. The molecule has 0 spiro atoms. The second-order valence-electron chi connectivity index (χ2n) is 37.1. The fourth-order valence-corrected chi connectivity index (χ4v) is 22.6. The third kappa shape index (κ3) is 19.7. The Morgan fingerprint density at radius 3 is 1.96 bits per heavy atom. The number of halogens is 2. The van der Waals surface area contributed by atoms with Crippen molar-refractivity contribution in [1.82, 2.24) is 51.7 Å². The number of hydrogen-bond acceptors (Lipinski definition) is 28. The molecule has 18 rings (SSSR count). The average molecular weight is 1870 g/mol. The molecule has 8 heterocycles. The van der Waals surface area contributed by atoms with Crippen molar-refractivity contribution >= 4 is 80.5 Å². The van der Waals surface area contributed by atoms with Crippen LogP contribution in [0.1, 0.15) is 206 Å². The maximum Gasteiger partial charge on any atom is 0.248 e. The lowest BCUT2D eigenvalue weighted by Crippen LogP contribution is -2.64. The van der Waals surface area contributed by atoms with E-state index in [0.717, 1.165) is 82.1 Å². The van der Waals surface area contributed by atoms with Crippen LogP contribution in [0.3, 0.4) is 0 Å². The van der Waals surface area contributed by atoms with Crippen molar-refractivity contribution in [2.45, 2.75) is 259 Å². The summed E-state index contributed by atoms with van der Waals surface area (Å²) >= 11 is 14.5. The van der Waals surface area contributed by atoms with Gasteiger partial charge in [-0.05, 0) is 189 Å². The average Bonchev–Trinajstić information content (AvgIpc) is 1.54. The van der Waals surface area contributed by atoms with E-state index in [4.69, 9.17) is 63.1 Å². The number of likely N-dealkylation sites (N-methyl/N-ethyl adjacent to an activating group) is 1. The fourth-order valence-electron chi connectivity index (χ4n) is 20.6. The number of sulfonamides is 1. The van der Waals surface area contributed by atoms with E-state index in [1.54, 1.807) is 4.90 Å². The normalized spacial score (nSPS) is 31.6. The molecule has 40 heteroatoms. The maximum atomic E-state index is 16.7. The number of hydrogen-bond donors (Lipinski definition) is 19. The summed E-state index contributed by atoms with van der Waals surface area (Å²) in [6.45, 7) is 7.68. The van der Waals surface area contributed by atoms with Crippen LogP contribution in [-0.4, -0.2) is 235 Å². The predicted octanol–water partition coefficient (Wildman–Crippen LogP) is 3.21. The van der Waals surface area contributed by atoms with Gasteiger partial charge in [-0.15, -0.1) is 0 Å². The Balaban J connectivity index is 0.919. The Morgan fingerprint density at radius 1 is 0.715 bits per heavy atom. The largest absolute Gasteiger partial charge is 0.508 e. The molecule has 706 valence electrons. The van der Waals surface area contributed by atoms with Crippen LogP contribution in [0.4, 0.5) is 0 Å². The van der Waals surface area contributed by atoms with Crippen LogP contribution in [0.15, 0.2) is 72.8 Å². The van der Waals surface area contributed by atoms with Crippen LogP contribution in [-0.2, 0) is 74.9 Å². The van der Waals surface area contributed by atoms with Crippen molar-refractivity contribution in [3.05, 3.63) is 127 Å². The molecule has 8 aliphatic heterocycles. The number of nitrogens with zero attached hydrogens (tertiary/aromatic N) is 2. The van der Waals surface area contributed by atoms with Gasteiger partial charge in [-0.25, -0.2) is 8.42 Å². The van der Waals surface area contributed by atoms with Crippen molar-refractivity contribution in [3.8, 4) is 45.6 Å². The molecule has 18 atom stereocenters. The molecule has 3 saturated heterocycles. The first kappa shape index (κ1) is 95.6. The summed E-state index contributed by atoms with van der Waals surface area (Å²) in [4.78, 5) is 126. The third-order valence-electron chi connectivity index (χ3n) is 27.2. The summed E-state index contributed by atoms with van der Waals surface area (Å²) in [6.07, 6.45) is -9.11. The molecule has 13 aliphatic rings. The SMILES string of the molecule is CCCCCCCCS(=O)(=O)N1CCCN(Cc2c(O)cc3c4c2C(O)(O)c2ccc(cc2-4)C2NC(=O)C4NC(=O)C(CC(N)=O)NC(=O)C(NC(=O)C(CC(C)C)NC)C(O)c5ccc(c(Cl)c5)Oc5cc4cc(c5OC4OC(CO)C(O)C(O)C4OC4CC(C)(N)C(O)C(C)O4)Oc4ccc(cc4Cl)C(O)C(NC2=O)C(=O)N[C@@H]3C(=O)NC2C3CC4CC(C3)CC2C4)C1. The molecule has 37 nitrogen and oxygen atoms in total. The van der Waals surface area contributed by atoms with Gasteiger partial charge < -0.3 is 128 Å². The van der Waals surface area contributed by atoms with E-state index in [9.17, 15) is 64.0 Å². The number of unbranched alkanes of at least 4 members (excludes halogenated alkanes) is 5. The van der Waals surface area contributed by atoms with Gasteiger partial charge in [0.1, 0.15) is 84.0 Å². The number of carbonyl (C=O) groups excluding carboxylic acids is 8. The molecular formula is C90H116Cl2N12O25S. The molecule has 8 amide bonds. The second-order valence-corrected chi connectivity index (χ2v) is 40.0. The molecule has 4 saturated carbocycles. The number of nitrogens with one attached hydrogen (secondary N) is 8. The number of primary amides is 1. The molecule has 7 fully saturated rings. The Kier molecular flexibility index (Phi) is 28.6. The van der Waals surface area contributed by atoms with Crippen molar-refractivity contribution in [3.63, 3.8) is 0 Å². The number of nitrogens with two attached hydrogens (primary N) is 2. The molecular weight excluding hydrogens is 1750 g/mol. The summed E-state index contributed by atoms with van der Waals surface area (Å²) in [7, 11) is -2.38. The van der Waals surface area contributed by atoms with E-state index in [0.29, 0.717) is 31.1 Å². The van der Waals surface area contributed by atoms with Crippen LogP contribution >= 0.6 is 23.2 Å². The van der Waals surface area contributed by atoms with Gasteiger partial charge in [0, 0.05) is 54.3 Å². The van der Waals surface area contributed by atoms with Gasteiger partial charge in [0.2, 0.25) is 75.1 Å². The number of rotatable bonds is 24. The number of phenols is 1. The molecule has 17 unspecified atom stereocenters. The summed E-state index contributed by atoms with van der Waals surface area (Å²) in [5.41, 5.74) is 8.55. The Bertz CT molecular complexity index is 5260. The lowest BCUT2D eigenvalue weighted by molar-refractivity contribution is -0.333. The maximum absolute atomic E-state index is 16.7. The van der Waals surface area contributed by atoms with Crippen molar-refractivity contribution in [2.75, 3.05) is 39.2 Å². The number of phenolic OH excluding ortho intramolecular Hbond substituents is 1. The van der Waals surface area contributed by atoms with E-state index >= 15 is 28.8 Å². The Labute approximate surface area is 761 Å². The van der Waals surface area contributed by atoms with Crippen LogP contribution in [0.25, 0.3) is 11.1 Å². The number of carbonyl (C=O) groups is 8. The van der Waals surface area contributed by atoms with Crippen molar-refractivity contribution in [1.29, 1.82) is 0 Å². The highest BCUT2D eigenvalue weighted by Crippen LogP contribution is 2.57. The predicted molar refractivity (Wildman–Crippen MR) is 466 cm³/mol. The number of aliphatic hydroxyl groups excluding tert-OH is 6. The fraction of sp³-hybridized carbons (Fsp3) is 0.578. The van der Waals surface area contributed by atoms with Gasteiger partial charge in [-0.2, -0.15) is 4.31 Å². The summed E-state index contributed by atoms with van der Waals surface area (Å²) < 4.78 is 68.8. The second kappa shape index (κ2) is 38.9. The van der Waals surface area contributed by atoms with Gasteiger partial charge in [0.05, 0.1) is 53.7 Å². The first-order valence-corrected chi connectivity index (χ1v) is 46.9. The number of benzene rings is 5. The van der Waals surface area contributed by atoms with E-state index in [-0.39, 0.29) is 124 Å². The minimum absolute atomic E-state index is 0.0220. The van der Waals surface area contributed by atoms with Gasteiger partial charge >= 0.3 is 0 Å². The summed E-state index contributed by atoms with van der Waals surface area (Å²) in [6, 6.07) is -0.221. The van der Waals surface area contributed by atoms with E-state index in [1.807, 2.05) is 13.8 Å². The van der Waals surface area contributed by atoms with Crippen LogP contribution < -0.4 is 68.2 Å². The van der Waals surface area contributed by atoms with Crippen LogP contribution in [0.5, 0.6) is 34.5 Å². The number of ether oxygens (including phenoxy) is 6. The lowest BCUT2D eigenvalue weighted by atomic mass is 9.54. The zero-order valence-corrected chi connectivity index (χ0v) is 75.2.